The van der Waals surface area contributed by atoms with Gasteiger partial charge in [0.2, 0.25) is 0 Å². The van der Waals surface area contributed by atoms with Gasteiger partial charge < -0.3 is 14.2 Å². The van der Waals surface area contributed by atoms with E-state index in [2.05, 4.69) is 18.2 Å². The van der Waals surface area contributed by atoms with Gasteiger partial charge in [0.15, 0.2) is 0 Å². The second kappa shape index (κ2) is 5.00. The molecule has 0 N–H and O–H groups in total. The molecular formula is C14H16O3. The molecule has 0 radical (unpaired) electrons. The maximum atomic E-state index is 5.89. The van der Waals surface area contributed by atoms with Crippen LogP contribution in [0.25, 0.3) is 0 Å². The van der Waals surface area contributed by atoms with Crippen molar-refractivity contribution in [2.24, 2.45) is 0 Å². The summed E-state index contributed by atoms with van der Waals surface area (Å²) in [5, 5.41) is 0. The Labute approximate surface area is 101 Å². The van der Waals surface area contributed by atoms with Crippen LogP contribution in [0.15, 0.2) is 42.5 Å². The SMILES string of the molecule is C1=C[C@@H](OCc2ccccc2)[C@@H]([C@H]2CO2)OC1. The molecule has 0 aliphatic carbocycles. The van der Waals surface area contributed by atoms with Gasteiger partial charge in [0.25, 0.3) is 0 Å². The molecule has 2 aliphatic rings. The maximum absolute atomic E-state index is 5.89. The molecule has 0 aromatic heterocycles. The molecule has 0 bridgehead atoms. The van der Waals surface area contributed by atoms with Gasteiger partial charge in [0.1, 0.15) is 18.3 Å². The van der Waals surface area contributed by atoms with Gasteiger partial charge in [0.05, 0.1) is 19.8 Å². The fraction of sp³-hybridized carbons (Fsp3) is 0.429. The van der Waals surface area contributed by atoms with E-state index in [9.17, 15) is 0 Å². The van der Waals surface area contributed by atoms with Crippen molar-refractivity contribution in [1.29, 1.82) is 0 Å². The maximum Gasteiger partial charge on any atom is 0.116 e. The molecule has 1 fully saturated rings. The Morgan fingerprint density at radius 1 is 1.18 bits per heavy atom. The van der Waals surface area contributed by atoms with Crippen molar-refractivity contribution in [1.82, 2.24) is 0 Å². The smallest absolute Gasteiger partial charge is 0.116 e. The molecule has 0 unspecified atom stereocenters. The van der Waals surface area contributed by atoms with Crippen LogP contribution in [0, 0.1) is 0 Å². The molecule has 90 valence electrons. The fourth-order valence-corrected chi connectivity index (χ4v) is 2.04. The van der Waals surface area contributed by atoms with E-state index in [0.29, 0.717) is 13.2 Å². The fourth-order valence-electron chi connectivity index (χ4n) is 2.04. The summed E-state index contributed by atoms with van der Waals surface area (Å²) in [4.78, 5) is 0. The molecule has 1 aromatic rings. The van der Waals surface area contributed by atoms with Crippen LogP contribution in [0.1, 0.15) is 5.56 Å². The van der Waals surface area contributed by atoms with E-state index >= 15 is 0 Å². The third-order valence-electron chi connectivity index (χ3n) is 3.05. The van der Waals surface area contributed by atoms with E-state index in [4.69, 9.17) is 14.2 Å². The van der Waals surface area contributed by atoms with Crippen LogP contribution in [0.5, 0.6) is 0 Å². The normalized spacial score (nSPS) is 31.4. The van der Waals surface area contributed by atoms with Crippen LogP contribution in [0.2, 0.25) is 0 Å². The molecule has 3 rings (SSSR count). The lowest BCUT2D eigenvalue weighted by Gasteiger charge is -2.26. The second-order valence-electron chi connectivity index (χ2n) is 4.36. The van der Waals surface area contributed by atoms with Gasteiger partial charge in [-0.15, -0.1) is 0 Å². The van der Waals surface area contributed by atoms with E-state index in [0.717, 1.165) is 6.61 Å². The Morgan fingerprint density at radius 3 is 2.76 bits per heavy atom. The number of rotatable bonds is 4. The molecule has 2 heterocycles. The lowest BCUT2D eigenvalue weighted by Crippen LogP contribution is -2.37. The first-order valence-electron chi connectivity index (χ1n) is 5.99. The third kappa shape index (κ3) is 2.75. The first-order valence-corrected chi connectivity index (χ1v) is 5.99. The predicted molar refractivity (Wildman–Crippen MR) is 63.6 cm³/mol. The number of epoxide rings is 1. The summed E-state index contributed by atoms with van der Waals surface area (Å²) in [7, 11) is 0. The molecule has 0 saturated carbocycles. The lowest BCUT2D eigenvalue weighted by molar-refractivity contribution is -0.0690. The molecule has 2 aliphatic heterocycles. The summed E-state index contributed by atoms with van der Waals surface area (Å²) in [5.74, 6) is 0. The first kappa shape index (κ1) is 11.0. The van der Waals surface area contributed by atoms with Gasteiger partial charge in [0, 0.05) is 0 Å². The van der Waals surface area contributed by atoms with Crippen LogP contribution >= 0.6 is 0 Å². The summed E-state index contributed by atoms with van der Waals surface area (Å²) in [6.07, 6.45) is 4.38. The van der Waals surface area contributed by atoms with Gasteiger partial charge >= 0.3 is 0 Å². The third-order valence-corrected chi connectivity index (χ3v) is 3.05. The van der Waals surface area contributed by atoms with Crippen LogP contribution in [-0.4, -0.2) is 31.5 Å². The first-order chi connectivity index (χ1) is 8.43. The van der Waals surface area contributed by atoms with Crippen molar-refractivity contribution in [2.75, 3.05) is 13.2 Å². The van der Waals surface area contributed by atoms with Crippen LogP contribution in [-0.2, 0) is 20.8 Å². The average Bonchev–Trinajstić information content (AvgIpc) is 3.22. The molecule has 1 aromatic carbocycles. The quantitative estimate of drug-likeness (QED) is 0.587. The van der Waals surface area contributed by atoms with Crippen molar-refractivity contribution in [3.8, 4) is 0 Å². The van der Waals surface area contributed by atoms with Gasteiger partial charge in [-0.3, -0.25) is 0 Å². The highest BCUT2D eigenvalue weighted by atomic mass is 16.6. The van der Waals surface area contributed by atoms with Crippen LogP contribution in [0.4, 0.5) is 0 Å². The minimum Gasteiger partial charge on any atom is -0.370 e. The van der Waals surface area contributed by atoms with Crippen molar-refractivity contribution in [3.05, 3.63) is 48.0 Å². The molecule has 3 nitrogen and oxygen atoms in total. The Kier molecular flexibility index (Phi) is 3.22. The topological polar surface area (TPSA) is 31.0 Å². The predicted octanol–water partition coefficient (Wildman–Crippen LogP) is 1.93. The van der Waals surface area contributed by atoms with Gasteiger partial charge in [-0.25, -0.2) is 0 Å². The highest BCUT2D eigenvalue weighted by Crippen LogP contribution is 2.25. The van der Waals surface area contributed by atoms with E-state index in [1.807, 2.05) is 24.3 Å². The average molecular weight is 232 g/mol. The second-order valence-corrected chi connectivity index (χ2v) is 4.36. The summed E-state index contributed by atoms with van der Waals surface area (Å²) in [6, 6.07) is 10.2. The zero-order chi connectivity index (χ0) is 11.5. The van der Waals surface area contributed by atoms with Crippen molar-refractivity contribution < 1.29 is 14.2 Å². The molecule has 0 amide bonds. The Bertz CT molecular complexity index is 384. The molecule has 0 spiro atoms. The Morgan fingerprint density at radius 2 is 2.00 bits per heavy atom. The molecule has 3 heteroatoms. The number of ether oxygens (including phenoxy) is 3. The van der Waals surface area contributed by atoms with Gasteiger partial charge in [-0.05, 0) is 5.56 Å². The summed E-state index contributed by atoms with van der Waals surface area (Å²) in [5.41, 5.74) is 1.18. The van der Waals surface area contributed by atoms with Crippen LogP contribution < -0.4 is 0 Å². The largest absolute Gasteiger partial charge is 0.370 e. The van der Waals surface area contributed by atoms with E-state index in [-0.39, 0.29) is 18.3 Å². The summed E-state index contributed by atoms with van der Waals surface area (Å²) >= 11 is 0. The summed E-state index contributed by atoms with van der Waals surface area (Å²) < 4.78 is 16.8. The van der Waals surface area contributed by atoms with E-state index < -0.39 is 0 Å². The lowest BCUT2D eigenvalue weighted by atomic mass is 10.1. The number of hydrogen-bond donors (Lipinski definition) is 0. The van der Waals surface area contributed by atoms with E-state index in [1.165, 1.54) is 5.56 Å². The van der Waals surface area contributed by atoms with E-state index in [1.54, 1.807) is 0 Å². The van der Waals surface area contributed by atoms with Gasteiger partial charge in [-0.2, -0.15) is 0 Å². The van der Waals surface area contributed by atoms with Crippen molar-refractivity contribution in [3.63, 3.8) is 0 Å². The molecule has 1 saturated heterocycles. The zero-order valence-electron chi connectivity index (χ0n) is 9.62. The van der Waals surface area contributed by atoms with Gasteiger partial charge in [-0.1, -0.05) is 42.5 Å². The Hall–Kier alpha value is -1.16. The van der Waals surface area contributed by atoms with Crippen LogP contribution in [0.3, 0.4) is 0 Å². The monoisotopic (exact) mass is 232 g/mol. The molecule has 3 atom stereocenters. The minimum absolute atomic E-state index is 0.0106. The summed E-state index contributed by atoms with van der Waals surface area (Å²) in [6.45, 7) is 2.07. The highest BCUT2D eigenvalue weighted by molar-refractivity contribution is 5.14. The molecule has 17 heavy (non-hydrogen) atoms. The number of hydrogen-bond acceptors (Lipinski definition) is 3. The minimum atomic E-state index is 0.0106. The molecular weight excluding hydrogens is 216 g/mol. The zero-order valence-corrected chi connectivity index (χ0v) is 9.62. The highest BCUT2D eigenvalue weighted by Gasteiger charge is 2.39. The van der Waals surface area contributed by atoms with Crippen molar-refractivity contribution in [2.45, 2.75) is 24.9 Å². The Balaban J connectivity index is 1.59. The number of benzene rings is 1. The standard InChI is InChI=1S/C14H16O3/c1-2-5-11(6-3-1)9-16-12-7-4-8-15-14(12)13-10-17-13/h1-7,12-14H,8-10H2/t12-,13-,14+/m1/s1. The van der Waals surface area contributed by atoms with Crippen molar-refractivity contribution >= 4 is 0 Å².